The van der Waals surface area contributed by atoms with E-state index in [2.05, 4.69) is 6.58 Å². The SMILES string of the molecule is C=C1C(=O)O[C@@H]2[C@@H](C)[C@@H]3C=CC(=O)[C@@]3(C)[C@](O)(C/C=C(\C)C(=O)O)[C@H]1[C@@H]2OC(C)=O. The van der Waals surface area contributed by atoms with Gasteiger partial charge in [-0.25, -0.2) is 9.59 Å². The number of carboxylic acid groups (broad SMARTS) is 1. The third-order valence-electron chi connectivity index (χ3n) is 7.02. The van der Waals surface area contributed by atoms with Crippen LogP contribution in [0.2, 0.25) is 0 Å². The van der Waals surface area contributed by atoms with Crippen LogP contribution in [0.1, 0.15) is 34.1 Å². The van der Waals surface area contributed by atoms with Gasteiger partial charge in [0, 0.05) is 24.0 Å². The number of carboxylic acids is 1. The normalized spacial score (nSPS) is 40.5. The van der Waals surface area contributed by atoms with Gasteiger partial charge in [-0.15, -0.1) is 0 Å². The Balaban J connectivity index is 2.28. The van der Waals surface area contributed by atoms with E-state index in [0.717, 1.165) is 0 Å². The molecule has 1 saturated heterocycles. The van der Waals surface area contributed by atoms with Crippen LogP contribution < -0.4 is 0 Å². The molecule has 2 aliphatic carbocycles. The van der Waals surface area contributed by atoms with Crippen molar-refractivity contribution >= 4 is 23.7 Å². The molecule has 2 bridgehead atoms. The third-order valence-corrected chi connectivity index (χ3v) is 7.02. The fraction of sp³-hybridized carbons (Fsp3) is 0.545. The molecule has 30 heavy (non-hydrogen) atoms. The van der Waals surface area contributed by atoms with E-state index in [-0.39, 0.29) is 23.4 Å². The summed E-state index contributed by atoms with van der Waals surface area (Å²) < 4.78 is 11.1. The summed E-state index contributed by atoms with van der Waals surface area (Å²) in [4.78, 5) is 48.9. The van der Waals surface area contributed by atoms with Gasteiger partial charge in [-0.2, -0.15) is 0 Å². The van der Waals surface area contributed by atoms with Gasteiger partial charge >= 0.3 is 17.9 Å². The van der Waals surface area contributed by atoms with Gasteiger partial charge < -0.3 is 19.7 Å². The van der Waals surface area contributed by atoms with Crippen molar-refractivity contribution < 1.29 is 38.9 Å². The number of hydrogen-bond acceptors (Lipinski definition) is 7. The molecule has 0 radical (unpaired) electrons. The lowest BCUT2D eigenvalue weighted by molar-refractivity contribution is -0.195. The Morgan fingerprint density at radius 2 is 1.97 bits per heavy atom. The first-order chi connectivity index (χ1) is 13.9. The highest BCUT2D eigenvalue weighted by Crippen LogP contribution is 2.60. The first-order valence-corrected chi connectivity index (χ1v) is 9.78. The molecule has 0 amide bonds. The van der Waals surface area contributed by atoms with E-state index in [1.165, 1.54) is 26.0 Å². The first-order valence-electron chi connectivity index (χ1n) is 9.78. The van der Waals surface area contributed by atoms with E-state index >= 15 is 0 Å². The van der Waals surface area contributed by atoms with Crippen LogP contribution in [-0.4, -0.2) is 51.7 Å². The van der Waals surface area contributed by atoms with Crippen LogP contribution in [0, 0.1) is 23.2 Å². The molecular formula is C22H26O8. The maximum atomic E-state index is 13.1. The highest BCUT2D eigenvalue weighted by Gasteiger charge is 2.70. The number of rotatable bonds is 4. The molecule has 2 fully saturated rings. The fourth-order valence-electron chi connectivity index (χ4n) is 5.26. The molecule has 0 aromatic heterocycles. The summed E-state index contributed by atoms with van der Waals surface area (Å²) in [6.07, 6.45) is 2.18. The van der Waals surface area contributed by atoms with Crippen molar-refractivity contribution in [1.82, 2.24) is 0 Å². The number of fused-ring (bicyclic) bond motifs is 3. The topological polar surface area (TPSA) is 127 Å². The third kappa shape index (κ3) is 2.93. The number of aliphatic hydroxyl groups is 1. The molecule has 8 nitrogen and oxygen atoms in total. The molecule has 1 saturated carbocycles. The molecule has 0 spiro atoms. The summed E-state index contributed by atoms with van der Waals surface area (Å²) in [5, 5.41) is 21.4. The minimum absolute atomic E-state index is 0.0242. The van der Waals surface area contributed by atoms with Gasteiger partial charge in [0.05, 0.1) is 16.9 Å². The van der Waals surface area contributed by atoms with Crippen molar-refractivity contribution in [1.29, 1.82) is 0 Å². The Labute approximate surface area is 174 Å². The molecule has 1 aliphatic heterocycles. The zero-order valence-corrected chi connectivity index (χ0v) is 17.4. The van der Waals surface area contributed by atoms with Gasteiger partial charge in [-0.3, -0.25) is 9.59 Å². The van der Waals surface area contributed by atoms with Gasteiger partial charge in [0.1, 0.15) is 12.2 Å². The monoisotopic (exact) mass is 418 g/mol. The summed E-state index contributed by atoms with van der Waals surface area (Å²) in [7, 11) is 0. The predicted octanol–water partition coefficient (Wildman–Crippen LogP) is 1.58. The van der Waals surface area contributed by atoms with E-state index in [9.17, 15) is 29.4 Å². The van der Waals surface area contributed by atoms with Crippen molar-refractivity contribution in [2.75, 3.05) is 0 Å². The fourth-order valence-corrected chi connectivity index (χ4v) is 5.26. The van der Waals surface area contributed by atoms with Crippen LogP contribution in [0.15, 0.2) is 36.0 Å². The number of ether oxygens (including phenoxy) is 2. The number of allylic oxidation sites excluding steroid dienone is 2. The number of carbonyl (C=O) groups excluding carboxylic acids is 3. The highest BCUT2D eigenvalue weighted by atomic mass is 16.6. The Hall–Kier alpha value is -2.74. The van der Waals surface area contributed by atoms with Crippen LogP contribution in [0.5, 0.6) is 0 Å². The number of ketones is 1. The molecule has 0 unspecified atom stereocenters. The molecule has 8 heteroatoms. The van der Waals surface area contributed by atoms with Crippen LogP contribution >= 0.6 is 0 Å². The van der Waals surface area contributed by atoms with E-state index < -0.39 is 58.9 Å². The van der Waals surface area contributed by atoms with E-state index in [1.807, 2.05) is 0 Å². The Bertz CT molecular complexity index is 899. The van der Waals surface area contributed by atoms with Crippen molar-refractivity contribution in [2.24, 2.45) is 23.2 Å². The molecule has 3 rings (SSSR count). The quantitative estimate of drug-likeness (QED) is 0.520. The zero-order chi connectivity index (χ0) is 22.6. The lowest BCUT2D eigenvalue weighted by Gasteiger charge is -2.49. The lowest BCUT2D eigenvalue weighted by Crippen LogP contribution is -2.61. The van der Waals surface area contributed by atoms with Crippen molar-refractivity contribution in [3.63, 3.8) is 0 Å². The minimum atomic E-state index is -1.95. The van der Waals surface area contributed by atoms with Crippen molar-refractivity contribution in [3.8, 4) is 0 Å². The number of esters is 2. The van der Waals surface area contributed by atoms with Crippen LogP contribution in [0.3, 0.4) is 0 Å². The predicted molar refractivity (Wildman–Crippen MR) is 104 cm³/mol. The van der Waals surface area contributed by atoms with Gasteiger partial charge in [0.15, 0.2) is 5.78 Å². The van der Waals surface area contributed by atoms with Crippen molar-refractivity contribution in [2.45, 2.75) is 51.9 Å². The molecule has 7 atom stereocenters. The average Bonchev–Trinajstić information content (AvgIpc) is 2.95. The summed E-state index contributed by atoms with van der Waals surface area (Å²) >= 11 is 0. The molecule has 1 heterocycles. The number of hydrogen-bond donors (Lipinski definition) is 2. The minimum Gasteiger partial charge on any atom is -0.478 e. The smallest absolute Gasteiger partial charge is 0.334 e. The molecule has 2 N–H and O–H groups in total. The molecule has 162 valence electrons. The van der Waals surface area contributed by atoms with Gasteiger partial charge in [0.2, 0.25) is 0 Å². The van der Waals surface area contributed by atoms with Crippen LogP contribution in [0.4, 0.5) is 0 Å². The first kappa shape index (κ1) is 22.0. The second kappa shape index (κ2) is 7.19. The number of carbonyl (C=O) groups is 4. The Morgan fingerprint density at radius 3 is 2.53 bits per heavy atom. The van der Waals surface area contributed by atoms with Gasteiger partial charge in [-0.05, 0) is 32.3 Å². The lowest BCUT2D eigenvalue weighted by atomic mass is 9.57. The molecule has 3 aliphatic rings. The maximum Gasteiger partial charge on any atom is 0.334 e. The van der Waals surface area contributed by atoms with E-state index in [4.69, 9.17) is 9.47 Å². The standard InChI is InChI=1S/C22H26O8/c1-10(19(25)26)8-9-22(28)16-12(3)20(27)30-17(18(16)29-13(4)23)11(2)14-6-7-15(24)21(14,22)5/h6-8,11,14,16-18,28H,3,9H2,1-2,4-5H3,(H,25,26)/b10-8+/t11-,14-,16+,17+,18-,21-,22-/m0/s1. The Kier molecular flexibility index (Phi) is 5.27. The second-order valence-corrected chi connectivity index (χ2v) is 8.58. The second-order valence-electron chi connectivity index (χ2n) is 8.58. The largest absolute Gasteiger partial charge is 0.478 e. The summed E-state index contributed by atoms with van der Waals surface area (Å²) in [5.41, 5.74) is -3.50. The maximum absolute atomic E-state index is 13.1. The van der Waals surface area contributed by atoms with Crippen LogP contribution in [-0.2, 0) is 28.7 Å². The van der Waals surface area contributed by atoms with Crippen LogP contribution in [0.25, 0.3) is 0 Å². The average molecular weight is 418 g/mol. The summed E-state index contributed by atoms with van der Waals surface area (Å²) in [6.45, 7) is 9.72. The molecular weight excluding hydrogens is 392 g/mol. The number of aliphatic carboxylic acids is 1. The van der Waals surface area contributed by atoms with E-state index in [0.29, 0.717) is 0 Å². The summed E-state index contributed by atoms with van der Waals surface area (Å²) in [6, 6.07) is 0. The molecule has 0 aromatic rings. The Morgan fingerprint density at radius 1 is 1.33 bits per heavy atom. The summed E-state index contributed by atoms with van der Waals surface area (Å²) in [5.74, 6) is -5.02. The van der Waals surface area contributed by atoms with Gasteiger partial charge in [0.25, 0.3) is 0 Å². The van der Waals surface area contributed by atoms with Crippen molar-refractivity contribution in [3.05, 3.63) is 36.0 Å². The molecule has 0 aromatic carbocycles. The van der Waals surface area contributed by atoms with E-state index in [1.54, 1.807) is 19.9 Å². The van der Waals surface area contributed by atoms with Gasteiger partial charge in [-0.1, -0.05) is 25.7 Å². The highest BCUT2D eigenvalue weighted by molar-refractivity contribution is 5.99. The zero-order valence-electron chi connectivity index (χ0n) is 17.4.